The molecular formula is C21H20N6O4S. The molecule has 32 heavy (non-hydrogen) atoms. The van der Waals surface area contributed by atoms with Crippen LogP contribution >= 0.6 is 11.3 Å². The number of carbonyl (C=O) groups is 1. The number of carbonyl (C=O) groups excluding carboxylic acids is 1. The topological polar surface area (TPSA) is 128 Å². The van der Waals surface area contributed by atoms with E-state index in [-0.39, 0.29) is 22.9 Å². The van der Waals surface area contributed by atoms with Crippen molar-refractivity contribution in [3.8, 4) is 5.69 Å². The van der Waals surface area contributed by atoms with E-state index in [9.17, 15) is 9.59 Å². The molecule has 0 unspecified atom stereocenters. The third kappa shape index (κ3) is 4.02. The number of aromatic nitrogens is 4. The lowest BCUT2D eigenvalue weighted by molar-refractivity contribution is 0.0524. The summed E-state index contributed by atoms with van der Waals surface area (Å²) in [5.41, 5.74) is 2.64. The molecule has 4 rings (SSSR count). The van der Waals surface area contributed by atoms with Gasteiger partial charge in [0.15, 0.2) is 0 Å². The highest BCUT2D eigenvalue weighted by molar-refractivity contribution is 7.10. The number of esters is 1. The molecular weight excluding hydrogens is 432 g/mol. The quantitative estimate of drug-likeness (QED) is 0.282. The van der Waals surface area contributed by atoms with Crippen LogP contribution in [0.15, 0.2) is 50.0 Å². The molecule has 164 valence electrons. The summed E-state index contributed by atoms with van der Waals surface area (Å²) < 4.78 is 12.2. The molecule has 0 saturated carbocycles. The summed E-state index contributed by atoms with van der Waals surface area (Å²) in [7, 11) is 0. The van der Waals surface area contributed by atoms with Crippen LogP contribution in [0.25, 0.3) is 16.8 Å². The number of furan rings is 1. The fraction of sp³-hybridized carbons (Fsp3) is 0.238. The first-order chi connectivity index (χ1) is 15.4. The minimum absolute atomic E-state index is 0.158. The maximum Gasteiger partial charge on any atom is 0.369 e. The number of hydrogen-bond donors (Lipinski definition) is 1. The third-order valence-electron chi connectivity index (χ3n) is 4.57. The van der Waals surface area contributed by atoms with Crippen LogP contribution in [0.5, 0.6) is 0 Å². The Labute approximate surface area is 185 Å². The molecule has 0 spiro atoms. The van der Waals surface area contributed by atoms with Crippen molar-refractivity contribution >= 4 is 34.1 Å². The predicted molar refractivity (Wildman–Crippen MR) is 119 cm³/mol. The average Bonchev–Trinajstić information content (AvgIpc) is 3.34. The molecule has 0 aliphatic carbocycles. The predicted octanol–water partition coefficient (Wildman–Crippen LogP) is 2.88. The highest BCUT2D eigenvalue weighted by Gasteiger charge is 2.18. The van der Waals surface area contributed by atoms with Crippen molar-refractivity contribution < 1.29 is 13.9 Å². The molecule has 0 fully saturated rings. The first-order valence-electron chi connectivity index (χ1n) is 9.78. The van der Waals surface area contributed by atoms with Crippen molar-refractivity contribution in [3.05, 3.63) is 67.6 Å². The van der Waals surface area contributed by atoms with Gasteiger partial charge in [-0.3, -0.25) is 4.79 Å². The summed E-state index contributed by atoms with van der Waals surface area (Å²) in [6, 6.07) is 7.62. The molecule has 0 aliphatic heterocycles. The number of aryl methyl sites for hydroxylation is 2. The van der Waals surface area contributed by atoms with E-state index in [0.29, 0.717) is 27.2 Å². The molecule has 1 aromatic carbocycles. The van der Waals surface area contributed by atoms with Gasteiger partial charge in [0.2, 0.25) is 15.5 Å². The average molecular weight is 452 g/mol. The maximum atomic E-state index is 12.3. The highest BCUT2D eigenvalue weighted by Crippen LogP contribution is 2.21. The van der Waals surface area contributed by atoms with Crippen LogP contribution in [0.4, 0.5) is 0 Å². The Balaban J connectivity index is 1.86. The summed E-state index contributed by atoms with van der Waals surface area (Å²) in [4.78, 5) is 31.5. The van der Waals surface area contributed by atoms with Gasteiger partial charge in [-0.1, -0.05) is 23.5 Å². The summed E-state index contributed by atoms with van der Waals surface area (Å²) in [6.07, 6.45) is 1.28. The summed E-state index contributed by atoms with van der Waals surface area (Å²) in [5, 5.41) is 13.5. The van der Waals surface area contributed by atoms with Gasteiger partial charge in [0, 0.05) is 0 Å². The molecule has 4 aromatic rings. The Bertz CT molecular complexity index is 1470. The standard InChI is InChI=1S/C21H20N6O4S/c1-5-30-20(29)19-26-27(14-8-6-7-11(2)9-14)21(32-19)25-24-12(3)15-13(4)31-18-16(15)17(28)22-10-23-18/h6-10H,5H2,1-4H3,(H,22,23,28)/b24-12-,25-21-. The highest BCUT2D eigenvalue weighted by atomic mass is 32.1. The minimum Gasteiger partial charge on any atom is -0.461 e. The number of nitrogens with one attached hydrogen (secondary N) is 1. The van der Waals surface area contributed by atoms with E-state index in [4.69, 9.17) is 9.15 Å². The Morgan fingerprint density at radius 2 is 2.16 bits per heavy atom. The van der Waals surface area contributed by atoms with E-state index in [1.807, 2.05) is 31.2 Å². The van der Waals surface area contributed by atoms with E-state index in [0.717, 1.165) is 22.6 Å². The molecule has 3 aromatic heterocycles. The Kier molecular flexibility index (Phi) is 5.82. The number of nitrogens with zero attached hydrogens (tertiary/aromatic N) is 5. The first kappa shape index (κ1) is 21.4. The van der Waals surface area contributed by atoms with Crippen LogP contribution < -0.4 is 10.4 Å². The van der Waals surface area contributed by atoms with Gasteiger partial charge >= 0.3 is 5.97 Å². The molecule has 3 heterocycles. The fourth-order valence-electron chi connectivity index (χ4n) is 3.21. The van der Waals surface area contributed by atoms with Crippen molar-refractivity contribution in [1.29, 1.82) is 0 Å². The van der Waals surface area contributed by atoms with Crippen molar-refractivity contribution in [2.45, 2.75) is 27.7 Å². The number of aromatic amines is 1. The van der Waals surface area contributed by atoms with Gasteiger partial charge in [0.1, 0.15) is 11.1 Å². The lowest BCUT2D eigenvalue weighted by Gasteiger charge is -2.02. The lowest BCUT2D eigenvalue weighted by atomic mass is 10.1. The summed E-state index contributed by atoms with van der Waals surface area (Å²) in [6.45, 7) is 7.38. The summed E-state index contributed by atoms with van der Waals surface area (Å²) >= 11 is 1.06. The second-order valence-electron chi connectivity index (χ2n) is 6.89. The number of hydrogen-bond acceptors (Lipinski definition) is 9. The number of benzene rings is 1. The number of rotatable bonds is 5. The van der Waals surface area contributed by atoms with Gasteiger partial charge in [-0.15, -0.1) is 10.2 Å². The normalized spacial score (nSPS) is 12.5. The molecule has 0 bridgehead atoms. The Morgan fingerprint density at radius 3 is 2.91 bits per heavy atom. The SMILES string of the molecule is CCOC(=O)c1nn(-c2cccc(C)c2)/c(=N/N=C(/C)c2c(C)oc3nc[nH]c(=O)c23)s1. The van der Waals surface area contributed by atoms with Gasteiger partial charge in [-0.05, 0) is 45.4 Å². The van der Waals surface area contributed by atoms with Crippen molar-refractivity contribution in [2.24, 2.45) is 10.2 Å². The Morgan fingerprint density at radius 1 is 1.34 bits per heavy atom. The zero-order valence-electron chi connectivity index (χ0n) is 17.9. The van der Waals surface area contributed by atoms with Gasteiger partial charge < -0.3 is 14.1 Å². The zero-order valence-corrected chi connectivity index (χ0v) is 18.7. The van der Waals surface area contributed by atoms with E-state index >= 15 is 0 Å². The van der Waals surface area contributed by atoms with Gasteiger partial charge in [-0.2, -0.15) is 5.10 Å². The monoisotopic (exact) mass is 452 g/mol. The van der Waals surface area contributed by atoms with Crippen LogP contribution in [0.3, 0.4) is 0 Å². The van der Waals surface area contributed by atoms with Crippen LogP contribution in [-0.4, -0.2) is 38.0 Å². The van der Waals surface area contributed by atoms with Gasteiger partial charge in [0.05, 0.1) is 29.9 Å². The largest absolute Gasteiger partial charge is 0.461 e. The number of ether oxygens (including phenoxy) is 1. The van der Waals surface area contributed by atoms with Crippen LogP contribution in [-0.2, 0) is 4.74 Å². The van der Waals surface area contributed by atoms with Crippen LogP contribution in [0, 0.1) is 13.8 Å². The Hall–Kier alpha value is -3.86. The zero-order chi connectivity index (χ0) is 22.8. The maximum absolute atomic E-state index is 12.3. The number of fused-ring (bicyclic) bond motifs is 1. The third-order valence-corrected chi connectivity index (χ3v) is 5.45. The smallest absolute Gasteiger partial charge is 0.369 e. The second-order valence-corrected chi connectivity index (χ2v) is 7.85. The van der Waals surface area contributed by atoms with Gasteiger partial charge in [-0.25, -0.2) is 14.5 Å². The van der Waals surface area contributed by atoms with Crippen molar-refractivity contribution in [1.82, 2.24) is 19.7 Å². The first-order valence-corrected chi connectivity index (χ1v) is 10.6. The van der Waals surface area contributed by atoms with E-state index in [2.05, 4.69) is 25.3 Å². The van der Waals surface area contributed by atoms with E-state index in [1.54, 1.807) is 20.8 Å². The van der Waals surface area contributed by atoms with Gasteiger partial charge in [0.25, 0.3) is 5.56 Å². The molecule has 0 aliphatic rings. The van der Waals surface area contributed by atoms with Crippen LogP contribution in [0.1, 0.15) is 40.5 Å². The molecule has 0 saturated heterocycles. The summed E-state index contributed by atoms with van der Waals surface area (Å²) in [5.74, 6) is -0.0286. The number of H-pyrrole nitrogens is 1. The molecule has 10 nitrogen and oxygen atoms in total. The second kappa shape index (κ2) is 8.71. The molecule has 0 amide bonds. The van der Waals surface area contributed by atoms with Crippen molar-refractivity contribution in [2.75, 3.05) is 6.61 Å². The molecule has 11 heteroatoms. The molecule has 1 N–H and O–H groups in total. The molecule has 0 atom stereocenters. The lowest BCUT2D eigenvalue weighted by Crippen LogP contribution is -2.15. The van der Waals surface area contributed by atoms with Crippen LogP contribution in [0.2, 0.25) is 0 Å². The molecule has 0 radical (unpaired) electrons. The van der Waals surface area contributed by atoms with E-state index < -0.39 is 5.97 Å². The minimum atomic E-state index is -0.532. The van der Waals surface area contributed by atoms with Crippen molar-refractivity contribution in [3.63, 3.8) is 0 Å². The van der Waals surface area contributed by atoms with E-state index in [1.165, 1.54) is 11.0 Å². The fourth-order valence-corrected chi connectivity index (χ4v) is 3.96.